The monoisotopic (exact) mass is 256 g/mol. The lowest BCUT2D eigenvalue weighted by Gasteiger charge is -2.08. The molecule has 0 fully saturated rings. The summed E-state index contributed by atoms with van der Waals surface area (Å²) < 4.78 is 0. The lowest BCUT2D eigenvalue weighted by Crippen LogP contribution is -1.98. The molecule has 0 N–H and O–H groups in total. The van der Waals surface area contributed by atoms with E-state index in [1.54, 1.807) is 0 Å². The lowest BCUT2D eigenvalue weighted by atomic mass is 10.0. The van der Waals surface area contributed by atoms with Crippen molar-refractivity contribution in [1.82, 2.24) is 0 Å². The molecule has 0 saturated carbocycles. The van der Waals surface area contributed by atoms with Gasteiger partial charge in [0, 0.05) is 11.8 Å². The molecule has 100 valence electrons. The fourth-order valence-corrected chi connectivity index (χ4v) is 2.37. The molecule has 0 bridgehead atoms. The summed E-state index contributed by atoms with van der Waals surface area (Å²) in [5.41, 5.74) is 0. The first-order chi connectivity index (χ1) is 8.31. The highest BCUT2D eigenvalue weighted by Crippen LogP contribution is 2.17. The van der Waals surface area contributed by atoms with Crippen LogP contribution < -0.4 is 0 Å². The smallest absolute Gasteiger partial charge is 0.0336 e. The second kappa shape index (κ2) is 13.9. The van der Waals surface area contributed by atoms with Crippen LogP contribution in [0.3, 0.4) is 0 Å². The molecule has 0 amide bonds. The van der Waals surface area contributed by atoms with Crippen LogP contribution in [0.4, 0.5) is 0 Å². The van der Waals surface area contributed by atoms with Gasteiger partial charge < -0.3 is 0 Å². The summed E-state index contributed by atoms with van der Waals surface area (Å²) in [6, 6.07) is 0. The van der Waals surface area contributed by atoms with Crippen LogP contribution in [-0.4, -0.2) is 5.38 Å². The first-order valence-electron chi connectivity index (χ1n) is 7.38. The van der Waals surface area contributed by atoms with Gasteiger partial charge in [-0.1, -0.05) is 58.3 Å². The molecule has 0 aromatic carbocycles. The quantitative estimate of drug-likeness (QED) is 0.231. The maximum Gasteiger partial charge on any atom is 0.0336 e. The first kappa shape index (κ1) is 16.9. The Labute approximate surface area is 114 Å². The van der Waals surface area contributed by atoms with Crippen molar-refractivity contribution in [2.45, 2.75) is 89.4 Å². The minimum absolute atomic E-state index is 0.419. The average molecular weight is 257 g/mol. The van der Waals surface area contributed by atoms with E-state index in [9.17, 15) is 0 Å². The van der Waals surface area contributed by atoms with Gasteiger partial charge in [-0.2, -0.15) is 0 Å². The Balaban J connectivity index is 3.08. The number of halogens is 1. The Hall–Kier alpha value is -0.150. The zero-order chi connectivity index (χ0) is 12.8. The van der Waals surface area contributed by atoms with E-state index < -0.39 is 0 Å². The first-order valence-corrected chi connectivity index (χ1v) is 7.82. The molecule has 1 heteroatoms. The molecule has 0 spiro atoms. The van der Waals surface area contributed by atoms with Gasteiger partial charge in [0.2, 0.25) is 0 Å². The topological polar surface area (TPSA) is 0 Å². The Bertz CT molecular complexity index is 180. The molecule has 0 aromatic heterocycles. The van der Waals surface area contributed by atoms with E-state index in [1.165, 1.54) is 70.6 Å². The van der Waals surface area contributed by atoms with E-state index in [1.807, 2.05) is 0 Å². The van der Waals surface area contributed by atoms with Crippen molar-refractivity contribution >= 4 is 11.6 Å². The van der Waals surface area contributed by atoms with E-state index in [4.69, 9.17) is 18.0 Å². The summed E-state index contributed by atoms with van der Waals surface area (Å²) in [6.07, 6.45) is 20.3. The van der Waals surface area contributed by atoms with Crippen molar-refractivity contribution in [2.24, 2.45) is 0 Å². The highest BCUT2D eigenvalue weighted by Gasteiger charge is 2.03. The summed E-state index contributed by atoms with van der Waals surface area (Å²) in [5.74, 6) is 2.69. The Morgan fingerprint density at radius 2 is 1.41 bits per heavy atom. The van der Waals surface area contributed by atoms with Crippen LogP contribution in [-0.2, 0) is 0 Å². The number of rotatable bonds is 12. The second-order valence-electron chi connectivity index (χ2n) is 4.96. The second-order valence-corrected chi connectivity index (χ2v) is 5.57. The van der Waals surface area contributed by atoms with E-state index >= 15 is 0 Å². The van der Waals surface area contributed by atoms with Crippen LogP contribution in [0.25, 0.3) is 0 Å². The third-order valence-electron chi connectivity index (χ3n) is 3.21. The minimum Gasteiger partial charge on any atom is -0.123 e. The summed E-state index contributed by atoms with van der Waals surface area (Å²) in [4.78, 5) is 0. The van der Waals surface area contributed by atoms with Crippen LogP contribution in [0.15, 0.2) is 0 Å². The molecule has 0 nitrogen and oxygen atoms in total. The maximum absolute atomic E-state index is 6.28. The predicted molar refractivity (Wildman–Crippen MR) is 79.6 cm³/mol. The largest absolute Gasteiger partial charge is 0.123 e. The normalized spacial score (nSPS) is 12.3. The molecule has 0 aliphatic rings. The van der Waals surface area contributed by atoms with Gasteiger partial charge >= 0.3 is 0 Å². The van der Waals surface area contributed by atoms with Crippen molar-refractivity contribution in [1.29, 1.82) is 0 Å². The molecule has 1 atom stereocenters. The number of hydrogen-bond donors (Lipinski definition) is 0. The molecule has 0 rings (SSSR count). The average Bonchev–Trinajstić information content (AvgIpc) is 2.33. The molecular formula is C16H29Cl. The Morgan fingerprint density at radius 1 is 0.882 bits per heavy atom. The molecule has 0 saturated heterocycles. The van der Waals surface area contributed by atoms with Crippen molar-refractivity contribution in [3.8, 4) is 12.3 Å². The van der Waals surface area contributed by atoms with Crippen LogP contribution in [0.1, 0.15) is 84.0 Å². The summed E-state index contributed by atoms with van der Waals surface area (Å²) in [5, 5.41) is 0.419. The molecule has 0 aromatic rings. The minimum atomic E-state index is 0.419. The number of hydrogen-bond acceptors (Lipinski definition) is 0. The zero-order valence-electron chi connectivity index (χ0n) is 11.5. The summed E-state index contributed by atoms with van der Waals surface area (Å²) in [6.45, 7) is 2.24. The highest BCUT2D eigenvalue weighted by atomic mass is 35.5. The van der Waals surface area contributed by atoms with Gasteiger partial charge in [-0.3, -0.25) is 0 Å². The van der Waals surface area contributed by atoms with E-state index in [2.05, 4.69) is 12.8 Å². The standard InChI is InChI=1S/C16H29Cl/c1-3-5-7-8-9-10-11-13-15-16(17)14-12-6-4-2/h1,16H,4-15H2,2H3. The fraction of sp³-hybridized carbons (Fsp3) is 0.875. The SMILES string of the molecule is C#CCCCCCCCCC(Cl)CCCCC. The van der Waals surface area contributed by atoms with Gasteiger partial charge in [-0.05, 0) is 19.3 Å². The van der Waals surface area contributed by atoms with Gasteiger partial charge in [0.25, 0.3) is 0 Å². The number of unbranched alkanes of at least 4 members (excludes halogenated alkanes) is 8. The van der Waals surface area contributed by atoms with E-state index in [-0.39, 0.29) is 0 Å². The Morgan fingerprint density at radius 3 is 2.00 bits per heavy atom. The molecule has 0 heterocycles. The molecular weight excluding hydrogens is 228 g/mol. The molecule has 0 aliphatic carbocycles. The molecule has 17 heavy (non-hydrogen) atoms. The third kappa shape index (κ3) is 13.8. The van der Waals surface area contributed by atoms with Gasteiger partial charge in [0.05, 0.1) is 0 Å². The van der Waals surface area contributed by atoms with Crippen LogP contribution in [0.5, 0.6) is 0 Å². The highest BCUT2D eigenvalue weighted by molar-refractivity contribution is 6.20. The van der Waals surface area contributed by atoms with Gasteiger partial charge in [-0.15, -0.1) is 23.9 Å². The summed E-state index contributed by atoms with van der Waals surface area (Å²) >= 11 is 6.28. The summed E-state index contributed by atoms with van der Waals surface area (Å²) in [7, 11) is 0. The Kier molecular flexibility index (Phi) is 13.8. The third-order valence-corrected chi connectivity index (χ3v) is 3.65. The predicted octanol–water partition coefficient (Wildman–Crippen LogP) is 5.93. The van der Waals surface area contributed by atoms with Crippen molar-refractivity contribution in [3.05, 3.63) is 0 Å². The molecule has 0 radical (unpaired) electrons. The van der Waals surface area contributed by atoms with Crippen molar-refractivity contribution in [3.63, 3.8) is 0 Å². The number of terminal acetylenes is 1. The van der Waals surface area contributed by atoms with E-state index in [0.29, 0.717) is 5.38 Å². The van der Waals surface area contributed by atoms with Crippen molar-refractivity contribution < 1.29 is 0 Å². The fourth-order valence-electron chi connectivity index (χ4n) is 2.06. The lowest BCUT2D eigenvalue weighted by molar-refractivity contribution is 0.550. The van der Waals surface area contributed by atoms with Crippen LogP contribution >= 0.6 is 11.6 Å². The van der Waals surface area contributed by atoms with Gasteiger partial charge in [0.15, 0.2) is 0 Å². The van der Waals surface area contributed by atoms with E-state index in [0.717, 1.165) is 6.42 Å². The van der Waals surface area contributed by atoms with Gasteiger partial charge in [-0.25, -0.2) is 0 Å². The van der Waals surface area contributed by atoms with Crippen LogP contribution in [0, 0.1) is 12.3 Å². The van der Waals surface area contributed by atoms with Gasteiger partial charge in [0.1, 0.15) is 0 Å². The van der Waals surface area contributed by atoms with Crippen LogP contribution in [0.2, 0.25) is 0 Å². The molecule has 1 unspecified atom stereocenters. The van der Waals surface area contributed by atoms with Crippen molar-refractivity contribution in [2.75, 3.05) is 0 Å². The number of alkyl halides is 1. The molecule has 0 aliphatic heterocycles. The zero-order valence-corrected chi connectivity index (χ0v) is 12.3. The maximum atomic E-state index is 6.28.